The minimum Gasteiger partial charge on any atom is -0.345 e. The second kappa shape index (κ2) is 10.7. The van der Waals surface area contributed by atoms with Crippen LogP contribution in [0.3, 0.4) is 0 Å². The predicted molar refractivity (Wildman–Crippen MR) is 125 cm³/mol. The molecule has 3 rings (SSSR count). The first-order valence-electron chi connectivity index (χ1n) is 10.2. The van der Waals surface area contributed by atoms with Crippen molar-refractivity contribution < 1.29 is 14.5 Å². The SMILES string of the molecule is CCC(Sc1nnc(CNC(=O)c2cccc(C)c2)n1C)C(=O)Nc1ccc([N+](=O)[O-])cc1. The summed E-state index contributed by atoms with van der Waals surface area (Å²) < 4.78 is 1.74. The number of amides is 2. The molecule has 172 valence electrons. The summed E-state index contributed by atoms with van der Waals surface area (Å²) >= 11 is 1.26. The van der Waals surface area contributed by atoms with Crippen LogP contribution in [0.25, 0.3) is 0 Å². The third-order valence-corrected chi connectivity index (χ3v) is 6.27. The summed E-state index contributed by atoms with van der Waals surface area (Å²) in [6.45, 7) is 4.00. The second-order valence-corrected chi connectivity index (χ2v) is 8.49. The monoisotopic (exact) mass is 468 g/mol. The van der Waals surface area contributed by atoms with Gasteiger partial charge in [0.25, 0.3) is 11.6 Å². The van der Waals surface area contributed by atoms with Crippen molar-refractivity contribution in [2.45, 2.75) is 37.2 Å². The van der Waals surface area contributed by atoms with Crippen LogP contribution in [0.15, 0.2) is 53.7 Å². The van der Waals surface area contributed by atoms with Gasteiger partial charge < -0.3 is 15.2 Å². The molecule has 2 aromatic carbocycles. The van der Waals surface area contributed by atoms with Crippen LogP contribution in [-0.2, 0) is 18.4 Å². The summed E-state index contributed by atoms with van der Waals surface area (Å²) in [5, 5.41) is 24.8. The number of nitrogens with one attached hydrogen (secondary N) is 2. The molecule has 1 unspecified atom stereocenters. The minimum absolute atomic E-state index is 0.0458. The van der Waals surface area contributed by atoms with Crippen LogP contribution in [0.2, 0.25) is 0 Å². The normalized spacial score (nSPS) is 11.6. The van der Waals surface area contributed by atoms with Gasteiger partial charge in [0.2, 0.25) is 5.91 Å². The summed E-state index contributed by atoms with van der Waals surface area (Å²) in [5.74, 6) is 0.114. The number of thioether (sulfide) groups is 1. The van der Waals surface area contributed by atoms with E-state index in [4.69, 9.17) is 0 Å². The number of nitrogens with zero attached hydrogens (tertiary/aromatic N) is 4. The molecule has 3 aromatic rings. The quantitative estimate of drug-likeness (QED) is 0.279. The maximum Gasteiger partial charge on any atom is 0.269 e. The highest BCUT2D eigenvalue weighted by Gasteiger charge is 2.22. The number of hydrogen-bond donors (Lipinski definition) is 2. The molecule has 11 heteroatoms. The zero-order valence-electron chi connectivity index (χ0n) is 18.4. The van der Waals surface area contributed by atoms with Gasteiger partial charge in [0.15, 0.2) is 11.0 Å². The molecule has 0 bridgehead atoms. The first-order chi connectivity index (χ1) is 15.8. The predicted octanol–water partition coefficient (Wildman–Crippen LogP) is 3.47. The van der Waals surface area contributed by atoms with Crippen molar-refractivity contribution in [3.8, 4) is 0 Å². The van der Waals surface area contributed by atoms with Crippen LogP contribution in [0, 0.1) is 17.0 Å². The zero-order valence-corrected chi connectivity index (χ0v) is 19.3. The Morgan fingerprint density at radius 1 is 1.18 bits per heavy atom. The molecule has 0 aliphatic heterocycles. The van der Waals surface area contributed by atoms with E-state index in [9.17, 15) is 19.7 Å². The molecule has 0 aliphatic rings. The summed E-state index contributed by atoms with van der Waals surface area (Å²) in [6.07, 6.45) is 0.537. The Hall–Kier alpha value is -3.73. The van der Waals surface area contributed by atoms with Crippen LogP contribution in [0.5, 0.6) is 0 Å². The number of carbonyl (C=O) groups excluding carboxylic acids is 2. The number of nitro benzene ring substituents is 1. The summed E-state index contributed by atoms with van der Waals surface area (Å²) in [4.78, 5) is 35.4. The molecular weight excluding hydrogens is 444 g/mol. The highest BCUT2D eigenvalue weighted by Crippen LogP contribution is 2.25. The van der Waals surface area contributed by atoms with Crippen molar-refractivity contribution in [3.05, 3.63) is 75.6 Å². The van der Waals surface area contributed by atoms with Gasteiger partial charge in [-0.3, -0.25) is 19.7 Å². The van der Waals surface area contributed by atoms with Gasteiger partial charge in [0, 0.05) is 30.4 Å². The molecule has 2 amide bonds. The highest BCUT2D eigenvalue weighted by atomic mass is 32.2. The molecule has 1 aromatic heterocycles. The van der Waals surface area contributed by atoms with E-state index in [1.54, 1.807) is 17.7 Å². The molecule has 1 heterocycles. The number of aromatic nitrogens is 3. The van der Waals surface area contributed by atoms with Gasteiger partial charge in [-0.15, -0.1) is 10.2 Å². The molecular formula is C22H24N6O4S. The largest absolute Gasteiger partial charge is 0.345 e. The topological polar surface area (TPSA) is 132 Å². The maximum absolute atomic E-state index is 12.7. The van der Waals surface area contributed by atoms with E-state index in [1.807, 2.05) is 32.0 Å². The van der Waals surface area contributed by atoms with E-state index >= 15 is 0 Å². The molecule has 0 fully saturated rings. The smallest absolute Gasteiger partial charge is 0.269 e. The van der Waals surface area contributed by atoms with Gasteiger partial charge in [0.05, 0.1) is 16.7 Å². The Kier molecular flexibility index (Phi) is 7.78. The number of rotatable bonds is 9. The van der Waals surface area contributed by atoms with Crippen molar-refractivity contribution >= 4 is 35.0 Å². The molecule has 0 radical (unpaired) electrons. The van der Waals surface area contributed by atoms with E-state index in [1.165, 1.54) is 36.0 Å². The zero-order chi connectivity index (χ0) is 24.0. The van der Waals surface area contributed by atoms with E-state index in [2.05, 4.69) is 20.8 Å². The van der Waals surface area contributed by atoms with Crippen LogP contribution < -0.4 is 10.6 Å². The van der Waals surface area contributed by atoms with Crippen molar-refractivity contribution in [1.82, 2.24) is 20.1 Å². The second-order valence-electron chi connectivity index (χ2n) is 7.32. The molecule has 1 atom stereocenters. The Balaban J connectivity index is 1.60. The summed E-state index contributed by atoms with van der Waals surface area (Å²) in [6, 6.07) is 13.0. The third kappa shape index (κ3) is 6.16. The summed E-state index contributed by atoms with van der Waals surface area (Å²) in [5.41, 5.74) is 2.00. The molecule has 0 aliphatic carbocycles. The maximum atomic E-state index is 12.7. The number of non-ortho nitro benzene ring substituents is 1. The Morgan fingerprint density at radius 2 is 1.91 bits per heavy atom. The van der Waals surface area contributed by atoms with Crippen LogP contribution in [-0.4, -0.2) is 36.8 Å². The van der Waals surface area contributed by atoms with Gasteiger partial charge in [-0.05, 0) is 37.6 Å². The highest BCUT2D eigenvalue weighted by molar-refractivity contribution is 8.00. The lowest BCUT2D eigenvalue weighted by molar-refractivity contribution is -0.384. The van der Waals surface area contributed by atoms with E-state index in [0.717, 1.165) is 5.56 Å². The fourth-order valence-corrected chi connectivity index (χ4v) is 3.93. The van der Waals surface area contributed by atoms with Crippen molar-refractivity contribution in [1.29, 1.82) is 0 Å². The molecule has 2 N–H and O–H groups in total. The number of nitro groups is 1. The van der Waals surface area contributed by atoms with Crippen molar-refractivity contribution in [2.75, 3.05) is 5.32 Å². The van der Waals surface area contributed by atoms with Gasteiger partial charge in [-0.2, -0.15) is 0 Å². The van der Waals surface area contributed by atoms with Crippen molar-refractivity contribution in [2.24, 2.45) is 7.05 Å². The lowest BCUT2D eigenvalue weighted by Crippen LogP contribution is -2.25. The molecule has 0 saturated carbocycles. The van der Waals surface area contributed by atoms with Gasteiger partial charge >= 0.3 is 0 Å². The number of aryl methyl sites for hydroxylation is 1. The van der Waals surface area contributed by atoms with E-state index in [-0.39, 0.29) is 24.0 Å². The first kappa shape index (κ1) is 23.9. The van der Waals surface area contributed by atoms with Crippen LogP contribution in [0.4, 0.5) is 11.4 Å². The van der Waals surface area contributed by atoms with Crippen molar-refractivity contribution in [3.63, 3.8) is 0 Å². The Labute approximate surface area is 194 Å². The molecule has 33 heavy (non-hydrogen) atoms. The van der Waals surface area contributed by atoms with Gasteiger partial charge in [-0.1, -0.05) is 36.4 Å². The van der Waals surface area contributed by atoms with Crippen LogP contribution in [0.1, 0.15) is 35.1 Å². The van der Waals surface area contributed by atoms with Crippen LogP contribution >= 0.6 is 11.8 Å². The number of benzene rings is 2. The lowest BCUT2D eigenvalue weighted by Gasteiger charge is -2.14. The number of carbonyl (C=O) groups is 2. The lowest BCUT2D eigenvalue weighted by atomic mass is 10.1. The van der Waals surface area contributed by atoms with E-state index < -0.39 is 10.2 Å². The molecule has 10 nitrogen and oxygen atoms in total. The fraction of sp³-hybridized carbons (Fsp3) is 0.273. The summed E-state index contributed by atoms with van der Waals surface area (Å²) in [7, 11) is 1.78. The average Bonchev–Trinajstić information content (AvgIpc) is 3.15. The Morgan fingerprint density at radius 3 is 2.55 bits per heavy atom. The first-order valence-corrected chi connectivity index (χ1v) is 11.1. The van der Waals surface area contributed by atoms with Gasteiger partial charge in [-0.25, -0.2) is 0 Å². The van der Waals surface area contributed by atoms with E-state index in [0.29, 0.717) is 28.7 Å². The average molecular weight is 469 g/mol. The standard InChI is InChI=1S/C22H24N6O4S/c1-4-18(21(30)24-16-8-10-17(11-9-16)28(31)32)33-22-26-25-19(27(22)3)13-23-20(29)15-7-5-6-14(2)12-15/h5-12,18H,4,13H2,1-3H3,(H,23,29)(H,24,30). The minimum atomic E-state index is -0.495. The fourth-order valence-electron chi connectivity index (χ4n) is 2.99. The molecule has 0 saturated heterocycles. The Bertz CT molecular complexity index is 1160. The number of hydrogen-bond acceptors (Lipinski definition) is 7. The third-order valence-electron chi connectivity index (χ3n) is 4.87. The molecule has 0 spiro atoms. The number of anilines is 1. The van der Waals surface area contributed by atoms with Gasteiger partial charge in [0.1, 0.15) is 0 Å².